The smallest absolute Gasteiger partial charge is 0.264 e. The van der Waals surface area contributed by atoms with Crippen molar-refractivity contribution < 1.29 is 17.9 Å². The monoisotopic (exact) mass is 537 g/mol. The minimum atomic E-state index is -3.81. The molecule has 204 valence electrons. The molecule has 7 nitrogen and oxygen atoms in total. The predicted molar refractivity (Wildman–Crippen MR) is 152 cm³/mol. The van der Waals surface area contributed by atoms with Crippen molar-refractivity contribution in [3.63, 3.8) is 0 Å². The van der Waals surface area contributed by atoms with Gasteiger partial charge in [0.1, 0.15) is 0 Å². The van der Waals surface area contributed by atoms with E-state index < -0.39 is 10.0 Å². The van der Waals surface area contributed by atoms with Crippen LogP contribution in [0.4, 0.5) is 5.69 Å². The average Bonchev–Trinajstić information content (AvgIpc) is 3.30. The molecule has 0 saturated carbocycles. The van der Waals surface area contributed by atoms with Gasteiger partial charge in [0.2, 0.25) is 0 Å². The summed E-state index contributed by atoms with van der Waals surface area (Å²) in [5.74, 6) is 0.165. The van der Waals surface area contributed by atoms with Crippen LogP contribution in [0.25, 0.3) is 17.0 Å². The highest BCUT2D eigenvalue weighted by Gasteiger charge is 2.28. The lowest BCUT2D eigenvalue weighted by Gasteiger charge is -2.27. The Kier molecular flexibility index (Phi) is 8.21. The van der Waals surface area contributed by atoms with Gasteiger partial charge < -0.3 is 9.47 Å². The standard InChI is InChI=1S/C30H39N3O4S/c1-4-23-8-10-25(11-9-23)32(21-22(2)3)38(34,35)26-12-13-27-28(19-24-14-17-36-18-15-24)31-33(29(27)20-26)30-7-5-6-16-37-30/h8-13,19-20,22,30H,4-7,14-18,21H2,1-3H3. The van der Waals surface area contributed by atoms with Gasteiger partial charge >= 0.3 is 0 Å². The van der Waals surface area contributed by atoms with Crippen molar-refractivity contribution >= 4 is 32.7 Å². The Labute approximate surface area is 226 Å². The molecule has 0 amide bonds. The molecule has 2 aromatic carbocycles. The fraction of sp³-hybridized carbons (Fsp3) is 0.500. The lowest BCUT2D eigenvalue weighted by molar-refractivity contribution is -0.0367. The number of aryl methyl sites for hydroxylation is 1. The molecule has 2 aliphatic rings. The Balaban J connectivity index is 1.59. The zero-order chi connectivity index (χ0) is 26.7. The number of nitrogens with zero attached hydrogens (tertiary/aromatic N) is 3. The number of hydrogen-bond donors (Lipinski definition) is 0. The van der Waals surface area contributed by atoms with E-state index in [4.69, 9.17) is 14.6 Å². The van der Waals surface area contributed by atoms with E-state index in [1.54, 1.807) is 16.4 Å². The van der Waals surface area contributed by atoms with E-state index >= 15 is 0 Å². The van der Waals surface area contributed by atoms with Gasteiger partial charge in [-0.2, -0.15) is 5.10 Å². The van der Waals surface area contributed by atoms with Crippen LogP contribution in [0.5, 0.6) is 0 Å². The average molecular weight is 538 g/mol. The minimum absolute atomic E-state index is 0.165. The number of benzene rings is 2. The van der Waals surface area contributed by atoms with Crippen LogP contribution in [-0.2, 0) is 25.9 Å². The van der Waals surface area contributed by atoms with Gasteiger partial charge in [0.25, 0.3) is 10.0 Å². The van der Waals surface area contributed by atoms with Crippen molar-refractivity contribution in [3.05, 3.63) is 59.3 Å². The molecular formula is C30H39N3O4S. The third-order valence-corrected chi connectivity index (χ3v) is 9.15. The number of aromatic nitrogens is 2. The third-order valence-electron chi connectivity index (χ3n) is 7.36. The molecule has 1 atom stereocenters. The van der Waals surface area contributed by atoms with E-state index in [0.29, 0.717) is 18.8 Å². The highest BCUT2D eigenvalue weighted by molar-refractivity contribution is 7.92. The third kappa shape index (κ3) is 5.67. The highest BCUT2D eigenvalue weighted by Crippen LogP contribution is 2.33. The summed E-state index contributed by atoms with van der Waals surface area (Å²) in [6, 6.07) is 13.3. The Morgan fingerprint density at radius 2 is 1.84 bits per heavy atom. The fourth-order valence-electron chi connectivity index (χ4n) is 5.21. The number of hydrogen-bond acceptors (Lipinski definition) is 5. The topological polar surface area (TPSA) is 73.7 Å². The van der Waals surface area contributed by atoms with Crippen LogP contribution in [0.3, 0.4) is 0 Å². The Morgan fingerprint density at radius 3 is 2.50 bits per heavy atom. The number of rotatable bonds is 8. The zero-order valence-corrected chi connectivity index (χ0v) is 23.5. The summed E-state index contributed by atoms with van der Waals surface area (Å²) < 4.78 is 43.3. The summed E-state index contributed by atoms with van der Waals surface area (Å²) in [6.45, 7) is 8.71. The summed E-state index contributed by atoms with van der Waals surface area (Å²) in [4.78, 5) is 0.271. The van der Waals surface area contributed by atoms with Crippen LogP contribution in [0.1, 0.15) is 70.4 Å². The molecule has 2 aliphatic heterocycles. The van der Waals surface area contributed by atoms with Crippen molar-refractivity contribution in [2.45, 2.75) is 70.4 Å². The van der Waals surface area contributed by atoms with Gasteiger partial charge in [-0.15, -0.1) is 0 Å². The van der Waals surface area contributed by atoms with Crippen LogP contribution < -0.4 is 4.31 Å². The van der Waals surface area contributed by atoms with Crippen LogP contribution in [-0.4, -0.2) is 44.6 Å². The number of anilines is 1. The molecule has 1 unspecified atom stereocenters. The first-order chi connectivity index (χ1) is 18.4. The molecule has 0 radical (unpaired) electrons. The molecule has 1 aromatic heterocycles. The maximum atomic E-state index is 14.1. The van der Waals surface area contributed by atoms with E-state index in [9.17, 15) is 8.42 Å². The quantitative estimate of drug-likeness (QED) is 0.335. The summed E-state index contributed by atoms with van der Waals surface area (Å²) in [6.07, 6.45) is 7.61. The Hall–Kier alpha value is -2.68. The van der Waals surface area contributed by atoms with Crippen molar-refractivity contribution in [2.24, 2.45) is 5.92 Å². The van der Waals surface area contributed by atoms with E-state index in [0.717, 1.165) is 68.3 Å². The van der Waals surface area contributed by atoms with Crippen molar-refractivity contribution in [1.29, 1.82) is 0 Å². The first kappa shape index (κ1) is 26.9. The molecule has 3 aromatic rings. The first-order valence-electron chi connectivity index (χ1n) is 13.9. The molecule has 2 saturated heterocycles. The molecule has 38 heavy (non-hydrogen) atoms. The fourth-order valence-corrected chi connectivity index (χ4v) is 6.86. The maximum Gasteiger partial charge on any atom is 0.264 e. The molecule has 0 aliphatic carbocycles. The molecular weight excluding hydrogens is 498 g/mol. The first-order valence-corrected chi connectivity index (χ1v) is 15.3. The number of ether oxygens (including phenoxy) is 2. The molecule has 0 spiro atoms. The van der Waals surface area contributed by atoms with E-state index in [-0.39, 0.29) is 17.0 Å². The maximum absolute atomic E-state index is 14.1. The van der Waals surface area contributed by atoms with Crippen molar-refractivity contribution in [1.82, 2.24) is 9.78 Å². The van der Waals surface area contributed by atoms with Gasteiger partial charge in [0, 0.05) is 18.5 Å². The van der Waals surface area contributed by atoms with E-state index in [2.05, 4.69) is 13.0 Å². The van der Waals surface area contributed by atoms with Crippen LogP contribution in [0, 0.1) is 5.92 Å². The van der Waals surface area contributed by atoms with E-state index in [1.165, 1.54) is 11.1 Å². The lowest BCUT2D eigenvalue weighted by Crippen LogP contribution is -2.34. The molecule has 5 rings (SSSR count). The number of fused-ring (bicyclic) bond motifs is 1. The van der Waals surface area contributed by atoms with Gasteiger partial charge in [-0.3, -0.25) is 4.31 Å². The Bertz CT molecular complexity index is 1380. The van der Waals surface area contributed by atoms with Gasteiger partial charge in [0.15, 0.2) is 6.23 Å². The molecule has 2 fully saturated rings. The van der Waals surface area contributed by atoms with Crippen LogP contribution >= 0.6 is 0 Å². The van der Waals surface area contributed by atoms with Gasteiger partial charge in [-0.05, 0) is 86.4 Å². The number of sulfonamides is 1. The van der Waals surface area contributed by atoms with Gasteiger partial charge in [-0.1, -0.05) is 38.5 Å². The normalized spacial score (nSPS) is 18.7. The summed E-state index contributed by atoms with van der Waals surface area (Å²) in [7, 11) is -3.81. The van der Waals surface area contributed by atoms with Gasteiger partial charge in [-0.25, -0.2) is 13.1 Å². The van der Waals surface area contributed by atoms with Crippen LogP contribution in [0.2, 0.25) is 0 Å². The molecule has 0 N–H and O–H groups in total. The van der Waals surface area contributed by atoms with E-state index in [1.807, 2.05) is 48.9 Å². The van der Waals surface area contributed by atoms with Crippen molar-refractivity contribution in [3.8, 4) is 0 Å². The van der Waals surface area contributed by atoms with Crippen LogP contribution in [0.15, 0.2) is 52.9 Å². The van der Waals surface area contributed by atoms with Gasteiger partial charge in [0.05, 0.1) is 35.0 Å². The summed E-state index contributed by atoms with van der Waals surface area (Å²) in [5.41, 5.74) is 4.83. The second-order valence-corrected chi connectivity index (χ2v) is 12.6. The molecule has 0 bridgehead atoms. The highest BCUT2D eigenvalue weighted by atomic mass is 32.2. The molecule has 8 heteroatoms. The predicted octanol–water partition coefficient (Wildman–Crippen LogP) is 6.34. The second-order valence-electron chi connectivity index (χ2n) is 10.7. The second kappa shape index (κ2) is 11.6. The SMILES string of the molecule is CCc1ccc(N(CC(C)C)S(=O)(=O)c2ccc3c(C=C4CCOCC4)nn(C4CCCCO4)c3c2)cc1. The largest absolute Gasteiger partial charge is 0.381 e. The Morgan fingerprint density at radius 1 is 1.08 bits per heavy atom. The summed E-state index contributed by atoms with van der Waals surface area (Å²) >= 11 is 0. The molecule has 3 heterocycles. The van der Waals surface area contributed by atoms with Crippen molar-refractivity contribution in [2.75, 3.05) is 30.7 Å². The lowest BCUT2D eigenvalue weighted by atomic mass is 10.1. The summed E-state index contributed by atoms with van der Waals surface area (Å²) in [5, 5.41) is 5.91. The minimum Gasteiger partial charge on any atom is -0.381 e. The zero-order valence-electron chi connectivity index (χ0n) is 22.7.